The average Bonchev–Trinajstić information content (AvgIpc) is 2.24. The highest BCUT2D eigenvalue weighted by molar-refractivity contribution is 5.28. The van der Waals surface area contributed by atoms with Crippen molar-refractivity contribution in [3.63, 3.8) is 0 Å². The maximum Gasteiger partial charge on any atom is 0.196 e. The standard InChI is InChI=1S/C12H14N2O/c13-11-8-4-5-9-12(11,14)15-10-6-2-1-3-7-10/h1-9,11H,13-14H2. The van der Waals surface area contributed by atoms with Crippen LogP contribution in [-0.4, -0.2) is 11.8 Å². The lowest BCUT2D eigenvalue weighted by molar-refractivity contribution is 0.112. The minimum atomic E-state index is -0.948. The number of hydrogen-bond donors (Lipinski definition) is 2. The summed E-state index contributed by atoms with van der Waals surface area (Å²) in [7, 11) is 0. The van der Waals surface area contributed by atoms with Gasteiger partial charge in [-0.3, -0.25) is 5.73 Å². The van der Waals surface area contributed by atoms with Crippen LogP contribution in [0.2, 0.25) is 0 Å². The smallest absolute Gasteiger partial charge is 0.196 e. The molecule has 15 heavy (non-hydrogen) atoms. The fourth-order valence-electron chi connectivity index (χ4n) is 1.45. The van der Waals surface area contributed by atoms with Gasteiger partial charge in [-0.05, 0) is 18.2 Å². The van der Waals surface area contributed by atoms with E-state index in [1.54, 1.807) is 6.08 Å². The molecule has 0 spiro atoms. The minimum absolute atomic E-state index is 0.331. The number of benzene rings is 1. The first kappa shape index (κ1) is 9.96. The Balaban J connectivity index is 2.18. The van der Waals surface area contributed by atoms with Crippen molar-refractivity contribution < 1.29 is 4.74 Å². The Bertz CT molecular complexity index is 386. The van der Waals surface area contributed by atoms with Crippen molar-refractivity contribution in [1.29, 1.82) is 0 Å². The van der Waals surface area contributed by atoms with E-state index in [9.17, 15) is 0 Å². The first-order valence-corrected chi connectivity index (χ1v) is 4.85. The Morgan fingerprint density at radius 3 is 2.53 bits per heavy atom. The summed E-state index contributed by atoms with van der Waals surface area (Å²) in [5, 5.41) is 0. The van der Waals surface area contributed by atoms with E-state index in [0.717, 1.165) is 5.75 Å². The maximum absolute atomic E-state index is 6.05. The molecule has 0 radical (unpaired) electrons. The summed E-state index contributed by atoms with van der Waals surface area (Å²) in [6, 6.07) is 9.09. The molecule has 1 aromatic carbocycles. The van der Waals surface area contributed by atoms with Crippen molar-refractivity contribution in [2.75, 3.05) is 0 Å². The average molecular weight is 202 g/mol. The second kappa shape index (κ2) is 3.88. The van der Waals surface area contributed by atoms with Gasteiger partial charge in [-0.15, -0.1) is 0 Å². The number of hydrogen-bond acceptors (Lipinski definition) is 3. The third-order valence-electron chi connectivity index (χ3n) is 2.35. The summed E-state index contributed by atoms with van der Waals surface area (Å²) < 4.78 is 5.67. The molecule has 4 N–H and O–H groups in total. The predicted molar refractivity (Wildman–Crippen MR) is 60.2 cm³/mol. The predicted octanol–water partition coefficient (Wildman–Crippen LogP) is 1.17. The van der Waals surface area contributed by atoms with Gasteiger partial charge in [0.1, 0.15) is 5.75 Å². The molecule has 0 bridgehead atoms. The van der Waals surface area contributed by atoms with E-state index in [2.05, 4.69) is 0 Å². The summed E-state index contributed by atoms with van der Waals surface area (Å²) in [6.45, 7) is 0. The van der Waals surface area contributed by atoms with Crippen LogP contribution in [0.15, 0.2) is 54.6 Å². The number of allylic oxidation sites excluding steroid dienone is 2. The molecular weight excluding hydrogens is 188 g/mol. The van der Waals surface area contributed by atoms with E-state index >= 15 is 0 Å². The highest BCUT2D eigenvalue weighted by Crippen LogP contribution is 2.20. The van der Waals surface area contributed by atoms with Gasteiger partial charge in [0.2, 0.25) is 0 Å². The maximum atomic E-state index is 6.05. The van der Waals surface area contributed by atoms with E-state index in [-0.39, 0.29) is 6.04 Å². The Hall–Kier alpha value is -1.58. The van der Waals surface area contributed by atoms with E-state index < -0.39 is 5.72 Å². The second-order valence-electron chi connectivity index (χ2n) is 3.54. The van der Waals surface area contributed by atoms with Crippen LogP contribution in [0.25, 0.3) is 0 Å². The molecule has 0 saturated heterocycles. The zero-order valence-corrected chi connectivity index (χ0v) is 8.34. The Morgan fingerprint density at radius 2 is 1.87 bits per heavy atom. The molecule has 0 fully saturated rings. The SMILES string of the molecule is NC1C=CC=CC1(N)Oc1ccccc1. The Labute approximate surface area is 89.0 Å². The lowest BCUT2D eigenvalue weighted by atomic mass is 10.0. The zero-order valence-electron chi connectivity index (χ0n) is 8.34. The van der Waals surface area contributed by atoms with Crippen LogP contribution in [0.5, 0.6) is 5.75 Å². The monoisotopic (exact) mass is 202 g/mol. The van der Waals surface area contributed by atoms with Gasteiger partial charge in [-0.1, -0.05) is 36.4 Å². The molecule has 1 aliphatic carbocycles. The van der Waals surface area contributed by atoms with Gasteiger partial charge in [-0.2, -0.15) is 0 Å². The van der Waals surface area contributed by atoms with Gasteiger partial charge in [-0.25, -0.2) is 0 Å². The quantitative estimate of drug-likeness (QED) is 0.708. The molecule has 2 atom stereocenters. The molecule has 0 aromatic heterocycles. The summed E-state index contributed by atoms with van der Waals surface area (Å²) in [6.07, 6.45) is 7.30. The molecule has 2 unspecified atom stereocenters. The molecular formula is C12H14N2O. The van der Waals surface area contributed by atoms with Crippen LogP contribution in [0.3, 0.4) is 0 Å². The van der Waals surface area contributed by atoms with Crippen LogP contribution in [0.1, 0.15) is 0 Å². The van der Waals surface area contributed by atoms with E-state index in [4.69, 9.17) is 16.2 Å². The number of rotatable bonds is 2. The topological polar surface area (TPSA) is 61.3 Å². The lowest BCUT2D eigenvalue weighted by Gasteiger charge is -2.32. The van der Waals surface area contributed by atoms with Gasteiger partial charge in [0.25, 0.3) is 0 Å². The molecule has 1 aliphatic rings. The first-order chi connectivity index (χ1) is 7.21. The first-order valence-electron chi connectivity index (χ1n) is 4.85. The summed E-state index contributed by atoms with van der Waals surface area (Å²) >= 11 is 0. The fraction of sp³-hybridized carbons (Fsp3) is 0.167. The normalized spacial score (nSPS) is 29.1. The third-order valence-corrected chi connectivity index (χ3v) is 2.35. The van der Waals surface area contributed by atoms with Crippen LogP contribution >= 0.6 is 0 Å². The van der Waals surface area contributed by atoms with Gasteiger partial charge >= 0.3 is 0 Å². The highest BCUT2D eigenvalue weighted by atomic mass is 16.5. The molecule has 3 nitrogen and oxygen atoms in total. The molecule has 2 rings (SSSR count). The molecule has 78 valence electrons. The molecule has 0 aliphatic heterocycles. The summed E-state index contributed by atoms with van der Waals surface area (Å²) in [5.74, 6) is 0.718. The van der Waals surface area contributed by atoms with Gasteiger partial charge in [0.05, 0.1) is 6.04 Å². The Kier molecular flexibility index (Phi) is 2.58. The van der Waals surface area contributed by atoms with Crippen molar-refractivity contribution in [1.82, 2.24) is 0 Å². The number of ether oxygens (including phenoxy) is 1. The van der Waals surface area contributed by atoms with Crippen molar-refractivity contribution in [3.8, 4) is 5.75 Å². The van der Waals surface area contributed by atoms with Crippen molar-refractivity contribution in [2.24, 2.45) is 11.5 Å². The summed E-state index contributed by atoms with van der Waals surface area (Å²) in [5.41, 5.74) is 11.0. The van der Waals surface area contributed by atoms with Crippen molar-refractivity contribution in [3.05, 3.63) is 54.6 Å². The molecule has 0 amide bonds. The molecule has 0 saturated carbocycles. The van der Waals surface area contributed by atoms with E-state index in [0.29, 0.717) is 0 Å². The molecule has 1 aromatic rings. The van der Waals surface area contributed by atoms with Crippen molar-refractivity contribution >= 4 is 0 Å². The van der Waals surface area contributed by atoms with Gasteiger partial charge in [0, 0.05) is 0 Å². The third kappa shape index (κ3) is 2.09. The van der Waals surface area contributed by atoms with Gasteiger partial charge in [0.15, 0.2) is 5.72 Å². The lowest BCUT2D eigenvalue weighted by Crippen LogP contribution is -2.58. The van der Waals surface area contributed by atoms with Gasteiger partial charge < -0.3 is 10.5 Å². The zero-order chi connectivity index (χ0) is 10.7. The van der Waals surface area contributed by atoms with Crippen LogP contribution in [-0.2, 0) is 0 Å². The number of nitrogens with two attached hydrogens (primary N) is 2. The largest absolute Gasteiger partial charge is 0.467 e. The van der Waals surface area contributed by atoms with E-state index in [1.807, 2.05) is 48.6 Å². The fourth-order valence-corrected chi connectivity index (χ4v) is 1.45. The molecule has 3 heteroatoms. The van der Waals surface area contributed by atoms with E-state index in [1.165, 1.54) is 0 Å². The van der Waals surface area contributed by atoms with Crippen LogP contribution in [0.4, 0.5) is 0 Å². The summed E-state index contributed by atoms with van der Waals surface area (Å²) in [4.78, 5) is 0. The van der Waals surface area contributed by atoms with Crippen LogP contribution < -0.4 is 16.2 Å². The minimum Gasteiger partial charge on any atom is -0.467 e. The highest BCUT2D eigenvalue weighted by Gasteiger charge is 2.31. The molecule has 0 heterocycles. The number of para-hydroxylation sites is 1. The Morgan fingerprint density at radius 1 is 1.13 bits per heavy atom. The van der Waals surface area contributed by atoms with Crippen LogP contribution in [0, 0.1) is 0 Å². The van der Waals surface area contributed by atoms with Crippen molar-refractivity contribution in [2.45, 2.75) is 11.8 Å². The second-order valence-corrected chi connectivity index (χ2v) is 3.54.